The molecule has 3 N–H and O–H groups in total. The van der Waals surface area contributed by atoms with Crippen molar-refractivity contribution in [2.75, 3.05) is 25.0 Å². The van der Waals surface area contributed by atoms with Crippen molar-refractivity contribution in [2.24, 2.45) is 0 Å². The zero-order valence-corrected chi connectivity index (χ0v) is 20.9. The number of hydrogen-bond donors (Lipinski definition) is 3. The van der Waals surface area contributed by atoms with Gasteiger partial charge in [0.15, 0.2) is 5.78 Å². The van der Waals surface area contributed by atoms with Crippen molar-refractivity contribution < 1.29 is 19.1 Å². The molecule has 0 aliphatic heterocycles. The summed E-state index contributed by atoms with van der Waals surface area (Å²) in [4.78, 5) is 36.0. The van der Waals surface area contributed by atoms with E-state index < -0.39 is 12.0 Å². The molecular weight excluding hydrogens is 478 g/mol. The van der Waals surface area contributed by atoms with Gasteiger partial charge in [0.1, 0.15) is 6.54 Å². The van der Waals surface area contributed by atoms with Crippen LogP contribution in [-0.2, 0) is 9.53 Å². The first-order valence-electron chi connectivity index (χ1n) is 11.5. The summed E-state index contributed by atoms with van der Waals surface area (Å²) in [5.41, 5.74) is 4.42. The number of urea groups is 1. The summed E-state index contributed by atoms with van der Waals surface area (Å²) >= 11 is 6.48. The lowest BCUT2D eigenvalue weighted by atomic mass is 9.99. The third kappa shape index (κ3) is 7.45. The van der Waals surface area contributed by atoms with Gasteiger partial charge < -0.3 is 20.7 Å². The van der Waals surface area contributed by atoms with Crippen LogP contribution in [0.1, 0.15) is 34.0 Å². The average molecular weight is 506 g/mol. The topological polar surface area (TPSA) is 96.5 Å². The van der Waals surface area contributed by atoms with Crippen molar-refractivity contribution in [3.8, 4) is 0 Å². The van der Waals surface area contributed by atoms with Crippen LogP contribution >= 0.6 is 11.6 Å². The number of carbonyl (C=O) groups is 3. The van der Waals surface area contributed by atoms with Gasteiger partial charge in [0.25, 0.3) is 0 Å². The standard InChI is InChI=1S/C28H28ClN3O4/c1-3-36-26(33)18-31-28(35)30-16-8-11-20-10-5-7-13-25(20)32-21-14-15-23(24(29)17-21)27(34)22-12-6-4-9-19(22)2/h4-15,17,32H,3,16,18H2,1-2H3,(H2,30,31,35)/b11-8+. The Morgan fingerprint density at radius 3 is 2.44 bits per heavy atom. The van der Waals surface area contributed by atoms with Crippen LogP contribution in [0, 0.1) is 6.92 Å². The van der Waals surface area contributed by atoms with E-state index in [-0.39, 0.29) is 25.5 Å². The zero-order valence-electron chi connectivity index (χ0n) is 20.1. The number of nitrogens with one attached hydrogen (secondary N) is 3. The predicted molar refractivity (Wildman–Crippen MR) is 143 cm³/mol. The highest BCUT2D eigenvalue weighted by Gasteiger charge is 2.15. The Hall–Kier alpha value is -4.10. The third-order valence-corrected chi connectivity index (χ3v) is 5.53. The maximum Gasteiger partial charge on any atom is 0.325 e. The van der Waals surface area contributed by atoms with Gasteiger partial charge in [0.05, 0.1) is 11.6 Å². The van der Waals surface area contributed by atoms with Crippen LogP contribution in [-0.4, -0.2) is 37.5 Å². The highest BCUT2D eigenvalue weighted by molar-refractivity contribution is 6.35. The van der Waals surface area contributed by atoms with Gasteiger partial charge in [-0.25, -0.2) is 4.79 Å². The minimum atomic E-state index is -0.490. The van der Waals surface area contributed by atoms with E-state index in [0.717, 1.165) is 22.5 Å². The lowest BCUT2D eigenvalue weighted by molar-refractivity contribution is -0.141. The summed E-state index contributed by atoms with van der Waals surface area (Å²) in [6.07, 6.45) is 3.66. The number of aryl methyl sites for hydroxylation is 1. The zero-order chi connectivity index (χ0) is 25.9. The number of carbonyl (C=O) groups excluding carboxylic acids is 3. The summed E-state index contributed by atoms with van der Waals surface area (Å²) < 4.78 is 4.76. The lowest BCUT2D eigenvalue weighted by Gasteiger charge is -2.12. The largest absolute Gasteiger partial charge is 0.465 e. The number of benzene rings is 3. The van der Waals surface area contributed by atoms with Crippen molar-refractivity contribution >= 4 is 46.8 Å². The molecule has 0 aliphatic rings. The molecule has 0 heterocycles. The van der Waals surface area contributed by atoms with Gasteiger partial charge in [-0.15, -0.1) is 0 Å². The van der Waals surface area contributed by atoms with Gasteiger partial charge in [0, 0.05) is 29.0 Å². The summed E-state index contributed by atoms with van der Waals surface area (Å²) in [5.74, 6) is -0.609. The van der Waals surface area contributed by atoms with E-state index in [2.05, 4.69) is 16.0 Å². The van der Waals surface area contributed by atoms with Crippen LogP contribution in [0.5, 0.6) is 0 Å². The van der Waals surface area contributed by atoms with Crippen molar-refractivity contribution in [1.29, 1.82) is 0 Å². The molecule has 7 nitrogen and oxygen atoms in total. The van der Waals surface area contributed by atoms with Gasteiger partial charge in [0.2, 0.25) is 0 Å². The number of ketones is 1. The molecule has 0 spiro atoms. The van der Waals surface area contributed by atoms with E-state index >= 15 is 0 Å². The van der Waals surface area contributed by atoms with Crippen LogP contribution < -0.4 is 16.0 Å². The summed E-state index contributed by atoms with van der Waals surface area (Å²) in [6, 6.07) is 19.9. The SMILES string of the molecule is CCOC(=O)CNC(=O)NC/C=C/c1ccccc1Nc1ccc(C(=O)c2ccccc2C)c(Cl)c1. The van der Waals surface area contributed by atoms with E-state index in [0.29, 0.717) is 16.1 Å². The van der Waals surface area contributed by atoms with E-state index in [1.54, 1.807) is 31.2 Å². The summed E-state index contributed by atoms with van der Waals surface area (Å²) in [5, 5.41) is 8.77. The number of ether oxygens (including phenoxy) is 1. The Bertz CT molecular complexity index is 1270. The number of esters is 1. The molecule has 2 amide bonds. The molecule has 0 aliphatic carbocycles. The first kappa shape index (κ1) is 26.5. The van der Waals surface area contributed by atoms with E-state index in [1.807, 2.05) is 61.5 Å². The number of rotatable bonds is 10. The Kier molecular flexibility index (Phi) is 9.65. The van der Waals surface area contributed by atoms with Crippen molar-refractivity contribution in [1.82, 2.24) is 10.6 Å². The quantitative estimate of drug-likeness (QED) is 0.250. The molecule has 0 radical (unpaired) electrons. The number of amides is 2. The fraction of sp³-hybridized carbons (Fsp3) is 0.179. The fourth-order valence-electron chi connectivity index (χ4n) is 3.43. The predicted octanol–water partition coefficient (Wildman–Crippen LogP) is 5.50. The molecule has 0 unspecified atom stereocenters. The molecule has 0 saturated heterocycles. The van der Waals surface area contributed by atoms with Gasteiger partial charge >= 0.3 is 12.0 Å². The van der Waals surface area contributed by atoms with E-state index in [4.69, 9.17) is 16.3 Å². The van der Waals surface area contributed by atoms with Crippen LogP contribution in [0.4, 0.5) is 16.2 Å². The minimum Gasteiger partial charge on any atom is -0.465 e. The third-order valence-electron chi connectivity index (χ3n) is 5.22. The van der Waals surface area contributed by atoms with Gasteiger partial charge in [-0.05, 0) is 49.2 Å². The monoisotopic (exact) mass is 505 g/mol. The first-order chi connectivity index (χ1) is 17.4. The number of halogens is 1. The first-order valence-corrected chi connectivity index (χ1v) is 11.9. The van der Waals surface area contributed by atoms with E-state index in [9.17, 15) is 14.4 Å². The molecule has 186 valence electrons. The number of hydrogen-bond acceptors (Lipinski definition) is 5. The Labute approximate surface area is 215 Å². The summed E-state index contributed by atoms with van der Waals surface area (Å²) in [6.45, 7) is 3.94. The molecular formula is C28H28ClN3O4. The molecule has 8 heteroatoms. The summed E-state index contributed by atoms with van der Waals surface area (Å²) in [7, 11) is 0. The van der Waals surface area contributed by atoms with Crippen LogP contribution in [0.3, 0.4) is 0 Å². The molecule has 36 heavy (non-hydrogen) atoms. The number of anilines is 2. The maximum atomic E-state index is 12.9. The normalized spacial score (nSPS) is 10.6. The van der Waals surface area contributed by atoms with E-state index in [1.165, 1.54) is 0 Å². The smallest absolute Gasteiger partial charge is 0.325 e. The second-order valence-electron chi connectivity index (χ2n) is 7.82. The number of para-hydroxylation sites is 1. The Morgan fingerprint density at radius 1 is 0.944 bits per heavy atom. The Morgan fingerprint density at radius 2 is 1.69 bits per heavy atom. The molecule has 0 saturated carbocycles. The Balaban J connectivity index is 1.62. The average Bonchev–Trinajstić information content (AvgIpc) is 2.86. The molecule has 0 fully saturated rings. The highest BCUT2D eigenvalue weighted by Crippen LogP contribution is 2.28. The second-order valence-corrected chi connectivity index (χ2v) is 8.23. The van der Waals surface area contributed by atoms with Crippen LogP contribution in [0.15, 0.2) is 72.8 Å². The maximum absolute atomic E-state index is 12.9. The lowest BCUT2D eigenvalue weighted by Crippen LogP contribution is -2.38. The van der Waals surface area contributed by atoms with Crippen molar-refractivity contribution in [2.45, 2.75) is 13.8 Å². The molecule has 0 bridgehead atoms. The minimum absolute atomic E-state index is 0.119. The van der Waals surface area contributed by atoms with Gasteiger partial charge in [-0.3, -0.25) is 9.59 Å². The van der Waals surface area contributed by atoms with Gasteiger partial charge in [-0.1, -0.05) is 66.2 Å². The second kappa shape index (κ2) is 13.1. The molecule has 0 aromatic heterocycles. The molecule has 3 rings (SSSR count). The molecule has 3 aromatic rings. The fourth-order valence-corrected chi connectivity index (χ4v) is 3.69. The molecule has 3 aromatic carbocycles. The van der Waals surface area contributed by atoms with Crippen LogP contribution in [0.25, 0.3) is 6.08 Å². The van der Waals surface area contributed by atoms with Crippen molar-refractivity contribution in [3.63, 3.8) is 0 Å². The van der Waals surface area contributed by atoms with Crippen LogP contribution in [0.2, 0.25) is 5.02 Å². The van der Waals surface area contributed by atoms with Gasteiger partial charge in [-0.2, -0.15) is 0 Å². The van der Waals surface area contributed by atoms with Crippen molar-refractivity contribution in [3.05, 3.63) is 100 Å². The molecule has 0 atom stereocenters. The highest BCUT2D eigenvalue weighted by atomic mass is 35.5.